The van der Waals surface area contributed by atoms with Crippen LogP contribution in [0.4, 0.5) is 0 Å². The second-order valence-electron chi connectivity index (χ2n) is 5.68. The van der Waals surface area contributed by atoms with E-state index in [-0.39, 0.29) is 6.04 Å². The molecular formula is C19H19Cl2NO4. The van der Waals surface area contributed by atoms with Crippen molar-refractivity contribution in [3.05, 3.63) is 63.6 Å². The minimum Gasteiger partial charge on any atom is -0.497 e. The van der Waals surface area contributed by atoms with E-state index in [9.17, 15) is 9.59 Å². The highest BCUT2D eigenvalue weighted by molar-refractivity contribution is 6.35. The average Bonchev–Trinajstić information content (AvgIpc) is 2.61. The first-order valence-electron chi connectivity index (χ1n) is 7.92. The van der Waals surface area contributed by atoms with Crippen LogP contribution in [0.5, 0.6) is 5.75 Å². The number of rotatable bonds is 6. The Morgan fingerprint density at radius 3 is 2.46 bits per heavy atom. The summed E-state index contributed by atoms with van der Waals surface area (Å²) in [5.41, 5.74) is 1.02. The minimum absolute atomic E-state index is 0.304. The summed E-state index contributed by atoms with van der Waals surface area (Å²) in [5, 5.41) is 3.73. The molecule has 2 aromatic rings. The Bertz CT molecular complexity index is 810. The SMILES string of the molecule is COc1cccc(C(=O)O[C@H](C)C(=O)N[C@@H](C)c2ccc(Cl)cc2Cl)c1. The third-order valence-electron chi connectivity index (χ3n) is 3.75. The largest absolute Gasteiger partial charge is 0.497 e. The Kier molecular flexibility index (Phi) is 6.89. The Hall–Kier alpha value is -2.24. The normalized spacial score (nSPS) is 12.8. The van der Waals surface area contributed by atoms with Crippen LogP contribution in [0, 0.1) is 0 Å². The van der Waals surface area contributed by atoms with Gasteiger partial charge >= 0.3 is 5.97 Å². The van der Waals surface area contributed by atoms with E-state index in [2.05, 4.69) is 5.32 Å². The fourth-order valence-electron chi connectivity index (χ4n) is 2.29. The van der Waals surface area contributed by atoms with E-state index in [1.165, 1.54) is 14.0 Å². The molecule has 5 nitrogen and oxygen atoms in total. The van der Waals surface area contributed by atoms with Gasteiger partial charge in [-0.15, -0.1) is 0 Å². The van der Waals surface area contributed by atoms with Crippen LogP contribution in [0.25, 0.3) is 0 Å². The lowest BCUT2D eigenvalue weighted by atomic mass is 10.1. The van der Waals surface area contributed by atoms with E-state index in [4.69, 9.17) is 32.7 Å². The van der Waals surface area contributed by atoms with Crippen molar-refractivity contribution < 1.29 is 19.1 Å². The lowest BCUT2D eigenvalue weighted by Gasteiger charge is -2.19. The number of carbonyl (C=O) groups is 2. The molecule has 0 radical (unpaired) electrons. The van der Waals surface area contributed by atoms with Crippen molar-refractivity contribution in [3.63, 3.8) is 0 Å². The lowest BCUT2D eigenvalue weighted by Crippen LogP contribution is -2.37. The van der Waals surface area contributed by atoms with Crippen LogP contribution in [0.2, 0.25) is 10.0 Å². The van der Waals surface area contributed by atoms with E-state index in [0.717, 1.165) is 5.56 Å². The number of amides is 1. The third-order valence-corrected chi connectivity index (χ3v) is 4.31. The molecule has 0 aliphatic rings. The van der Waals surface area contributed by atoms with Gasteiger partial charge in [0.15, 0.2) is 6.10 Å². The van der Waals surface area contributed by atoms with Crippen molar-refractivity contribution in [2.45, 2.75) is 26.0 Å². The van der Waals surface area contributed by atoms with Crippen LogP contribution in [0.15, 0.2) is 42.5 Å². The van der Waals surface area contributed by atoms with Gasteiger partial charge in [0, 0.05) is 10.0 Å². The molecular weight excluding hydrogens is 377 g/mol. The smallest absolute Gasteiger partial charge is 0.339 e. The maximum atomic E-state index is 12.3. The number of esters is 1. The highest BCUT2D eigenvalue weighted by Gasteiger charge is 2.22. The van der Waals surface area contributed by atoms with E-state index >= 15 is 0 Å². The molecule has 0 unspecified atom stereocenters. The molecule has 1 amide bonds. The van der Waals surface area contributed by atoms with Crippen molar-refractivity contribution in [3.8, 4) is 5.75 Å². The van der Waals surface area contributed by atoms with Gasteiger partial charge in [-0.3, -0.25) is 4.79 Å². The molecule has 0 heterocycles. The van der Waals surface area contributed by atoms with Crippen molar-refractivity contribution >= 4 is 35.1 Å². The highest BCUT2D eigenvalue weighted by Crippen LogP contribution is 2.26. The number of methoxy groups -OCH3 is 1. The van der Waals surface area contributed by atoms with E-state index in [0.29, 0.717) is 21.4 Å². The Labute approximate surface area is 162 Å². The quantitative estimate of drug-likeness (QED) is 0.734. The standard InChI is InChI=1S/C19H19Cl2NO4/c1-11(16-8-7-14(20)10-17(16)21)22-18(23)12(2)26-19(24)13-5-4-6-15(9-13)25-3/h4-12H,1-3H3,(H,22,23)/t11-,12+/m0/s1. The molecule has 2 aromatic carbocycles. The summed E-state index contributed by atoms with van der Waals surface area (Å²) in [6.07, 6.45) is -0.970. The predicted molar refractivity (Wildman–Crippen MR) is 101 cm³/mol. The number of ether oxygens (including phenoxy) is 2. The monoisotopic (exact) mass is 395 g/mol. The number of nitrogens with one attached hydrogen (secondary N) is 1. The second-order valence-corrected chi connectivity index (χ2v) is 6.52. The van der Waals surface area contributed by atoms with Gasteiger partial charge in [0.1, 0.15) is 5.75 Å². The molecule has 2 atom stereocenters. The van der Waals surface area contributed by atoms with Gasteiger partial charge in [0.25, 0.3) is 5.91 Å². The zero-order valence-corrected chi connectivity index (χ0v) is 16.1. The van der Waals surface area contributed by atoms with Gasteiger partial charge in [-0.1, -0.05) is 35.3 Å². The molecule has 26 heavy (non-hydrogen) atoms. The number of hydrogen-bond acceptors (Lipinski definition) is 4. The molecule has 0 saturated heterocycles. The van der Waals surface area contributed by atoms with Gasteiger partial charge in [-0.25, -0.2) is 4.79 Å². The molecule has 7 heteroatoms. The van der Waals surface area contributed by atoms with Crippen LogP contribution < -0.4 is 10.1 Å². The van der Waals surface area contributed by atoms with Crippen molar-refractivity contribution in [1.29, 1.82) is 0 Å². The molecule has 0 aliphatic heterocycles. The summed E-state index contributed by atoms with van der Waals surface area (Å²) in [5.74, 6) is -0.508. The maximum absolute atomic E-state index is 12.3. The van der Waals surface area contributed by atoms with Crippen molar-refractivity contribution in [2.75, 3.05) is 7.11 Å². The van der Waals surface area contributed by atoms with E-state index in [1.807, 2.05) is 0 Å². The minimum atomic E-state index is -0.970. The molecule has 138 valence electrons. The van der Waals surface area contributed by atoms with Crippen molar-refractivity contribution in [1.82, 2.24) is 5.32 Å². The zero-order valence-electron chi connectivity index (χ0n) is 14.6. The number of benzene rings is 2. The van der Waals surface area contributed by atoms with Crippen LogP contribution in [0.1, 0.15) is 35.8 Å². The third kappa shape index (κ3) is 5.13. The van der Waals surface area contributed by atoms with Crippen LogP contribution >= 0.6 is 23.2 Å². The summed E-state index contributed by atoms with van der Waals surface area (Å²) in [6, 6.07) is 11.2. The fourth-order valence-corrected chi connectivity index (χ4v) is 2.87. The summed E-state index contributed by atoms with van der Waals surface area (Å²) >= 11 is 12.0. The van der Waals surface area contributed by atoms with Gasteiger partial charge in [0.2, 0.25) is 0 Å². The first-order valence-corrected chi connectivity index (χ1v) is 8.67. The van der Waals surface area contributed by atoms with Gasteiger partial charge in [0.05, 0.1) is 18.7 Å². The van der Waals surface area contributed by atoms with Gasteiger partial charge < -0.3 is 14.8 Å². The average molecular weight is 396 g/mol. The maximum Gasteiger partial charge on any atom is 0.339 e. The highest BCUT2D eigenvalue weighted by atomic mass is 35.5. The number of hydrogen-bond donors (Lipinski definition) is 1. The first-order chi connectivity index (χ1) is 12.3. The summed E-state index contributed by atoms with van der Waals surface area (Å²) in [7, 11) is 1.50. The second kappa shape index (κ2) is 8.92. The predicted octanol–water partition coefficient (Wildman–Crippen LogP) is 4.42. The summed E-state index contributed by atoms with van der Waals surface area (Å²) < 4.78 is 10.3. The Morgan fingerprint density at radius 1 is 1.08 bits per heavy atom. The molecule has 2 rings (SSSR count). The van der Waals surface area contributed by atoms with Crippen LogP contribution in [0.3, 0.4) is 0 Å². The van der Waals surface area contributed by atoms with Crippen LogP contribution in [-0.2, 0) is 9.53 Å². The van der Waals surface area contributed by atoms with Gasteiger partial charge in [-0.05, 0) is 49.7 Å². The van der Waals surface area contributed by atoms with E-state index in [1.54, 1.807) is 49.4 Å². The zero-order chi connectivity index (χ0) is 19.3. The summed E-state index contributed by atoms with van der Waals surface area (Å²) in [6.45, 7) is 3.28. The Morgan fingerprint density at radius 2 is 1.81 bits per heavy atom. The molecule has 1 N–H and O–H groups in total. The molecule has 0 spiro atoms. The van der Waals surface area contributed by atoms with Gasteiger partial charge in [-0.2, -0.15) is 0 Å². The lowest BCUT2D eigenvalue weighted by molar-refractivity contribution is -0.129. The molecule has 0 fully saturated rings. The van der Waals surface area contributed by atoms with Crippen molar-refractivity contribution in [2.24, 2.45) is 0 Å². The van der Waals surface area contributed by atoms with E-state index < -0.39 is 18.0 Å². The molecule has 0 saturated carbocycles. The molecule has 0 bridgehead atoms. The Balaban J connectivity index is 1.99. The topological polar surface area (TPSA) is 64.6 Å². The fraction of sp³-hybridized carbons (Fsp3) is 0.263. The summed E-state index contributed by atoms with van der Waals surface area (Å²) in [4.78, 5) is 24.5. The van der Waals surface area contributed by atoms with Crippen LogP contribution in [-0.4, -0.2) is 25.1 Å². The number of carbonyl (C=O) groups excluding carboxylic acids is 2. The molecule has 0 aromatic heterocycles. The first kappa shape index (κ1) is 20.1. The molecule has 0 aliphatic carbocycles. The number of halogens is 2.